The summed E-state index contributed by atoms with van der Waals surface area (Å²) in [5.74, 6) is -0.0315. The molecule has 1 saturated carbocycles. The molecule has 0 saturated heterocycles. The molecule has 0 bridgehead atoms. The van der Waals surface area contributed by atoms with Gasteiger partial charge in [0.05, 0.1) is 11.9 Å². The highest BCUT2D eigenvalue weighted by molar-refractivity contribution is 5.92. The fraction of sp³-hybridized carbons (Fsp3) is 0.667. The summed E-state index contributed by atoms with van der Waals surface area (Å²) in [6.45, 7) is 6.43. The molecule has 0 aromatic carbocycles. The Balaban J connectivity index is 1.96. The quantitative estimate of drug-likeness (QED) is 0.834. The van der Waals surface area contributed by atoms with Gasteiger partial charge in [-0.3, -0.25) is 4.79 Å². The average molecular weight is 303 g/mol. The summed E-state index contributed by atoms with van der Waals surface area (Å²) in [6, 6.07) is 4.21. The van der Waals surface area contributed by atoms with Crippen LogP contribution >= 0.6 is 0 Å². The molecule has 122 valence electrons. The lowest BCUT2D eigenvalue weighted by Gasteiger charge is -2.24. The van der Waals surface area contributed by atoms with Gasteiger partial charge in [-0.1, -0.05) is 33.1 Å². The molecule has 4 heteroatoms. The standard InChI is InChI=1S/C18H29N3O/c1-3-12-21(13-4-2)16-10-11-17(19-14-16)18(22)20-15-8-6-5-7-9-15/h10-11,14-15H,3-9,12-13H2,1-2H3,(H,20,22). The van der Waals surface area contributed by atoms with E-state index in [0.29, 0.717) is 11.7 Å². The summed E-state index contributed by atoms with van der Waals surface area (Å²) < 4.78 is 0. The van der Waals surface area contributed by atoms with E-state index >= 15 is 0 Å². The van der Waals surface area contributed by atoms with E-state index in [2.05, 4.69) is 29.0 Å². The van der Waals surface area contributed by atoms with Crippen LogP contribution < -0.4 is 10.2 Å². The molecule has 1 amide bonds. The number of hydrogen-bond donors (Lipinski definition) is 1. The lowest BCUT2D eigenvalue weighted by Crippen LogP contribution is -2.36. The zero-order valence-corrected chi connectivity index (χ0v) is 14.0. The second-order valence-corrected chi connectivity index (χ2v) is 6.20. The van der Waals surface area contributed by atoms with Crippen molar-refractivity contribution in [2.45, 2.75) is 64.8 Å². The molecule has 1 fully saturated rings. The van der Waals surface area contributed by atoms with Gasteiger partial charge in [0, 0.05) is 19.1 Å². The first-order valence-electron chi connectivity index (χ1n) is 8.76. The van der Waals surface area contributed by atoms with Crippen molar-refractivity contribution < 1.29 is 4.79 Å². The molecule has 1 aliphatic carbocycles. The van der Waals surface area contributed by atoms with E-state index in [1.807, 2.05) is 18.3 Å². The van der Waals surface area contributed by atoms with Crippen LogP contribution in [0.5, 0.6) is 0 Å². The predicted molar refractivity (Wildman–Crippen MR) is 91.4 cm³/mol. The van der Waals surface area contributed by atoms with E-state index in [0.717, 1.165) is 44.5 Å². The fourth-order valence-corrected chi connectivity index (χ4v) is 3.12. The van der Waals surface area contributed by atoms with Crippen molar-refractivity contribution in [1.29, 1.82) is 0 Å². The van der Waals surface area contributed by atoms with E-state index in [1.54, 1.807) is 0 Å². The van der Waals surface area contributed by atoms with Crippen LogP contribution in [0.1, 0.15) is 69.3 Å². The highest BCUT2D eigenvalue weighted by Gasteiger charge is 2.17. The third kappa shape index (κ3) is 4.72. The van der Waals surface area contributed by atoms with Crippen molar-refractivity contribution in [2.24, 2.45) is 0 Å². The van der Waals surface area contributed by atoms with Crippen molar-refractivity contribution in [3.63, 3.8) is 0 Å². The second kappa shape index (κ2) is 8.76. The lowest BCUT2D eigenvalue weighted by molar-refractivity contribution is 0.0922. The Morgan fingerprint density at radius 1 is 1.18 bits per heavy atom. The van der Waals surface area contributed by atoms with E-state index in [-0.39, 0.29) is 5.91 Å². The van der Waals surface area contributed by atoms with Crippen molar-refractivity contribution >= 4 is 11.6 Å². The summed E-state index contributed by atoms with van der Waals surface area (Å²) >= 11 is 0. The molecule has 1 aromatic heterocycles. The van der Waals surface area contributed by atoms with E-state index in [9.17, 15) is 4.79 Å². The Morgan fingerprint density at radius 2 is 1.86 bits per heavy atom. The topological polar surface area (TPSA) is 45.2 Å². The normalized spacial score (nSPS) is 15.5. The van der Waals surface area contributed by atoms with Crippen LogP contribution in [-0.2, 0) is 0 Å². The smallest absolute Gasteiger partial charge is 0.270 e. The molecule has 22 heavy (non-hydrogen) atoms. The largest absolute Gasteiger partial charge is 0.370 e. The highest BCUT2D eigenvalue weighted by Crippen LogP contribution is 2.18. The number of pyridine rings is 1. The molecular formula is C18H29N3O. The Labute approximate surface area is 134 Å². The molecule has 0 atom stereocenters. The maximum Gasteiger partial charge on any atom is 0.270 e. The summed E-state index contributed by atoms with van der Waals surface area (Å²) in [7, 11) is 0. The van der Waals surface area contributed by atoms with Crippen LogP contribution in [-0.4, -0.2) is 30.0 Å². The monoisotopic (exact) mass is 303 g/mol. The first kappa shape index (κ1) is 16.8. The zero-order valence-electron chi connectivity index (χ0n) is 14.0. The molecule has 4 nitrogen and oxygen atoms in total. The summed E-state index contributed by atoms with van der Waals surface area (Å²) in [5.41, 5.74) is 1.64. The summed E-state index contributed by atoms with van der Waals surface area (Å²) in [6.07, 6.45) is 10.0. The van der Waals surface area contributed by atoms with Gasteiger partial charge >= 0.3 is 0 Å². The molecule has 0 spiro atoms. The zero-order chi connectivity index (χ0) is 15.8. The maximum atomic E-state index is 12.3. The number of rotatable bonds is 7. The molecular weight excluding hydrogens is 274 g/mol. The van der Waals surface area contributed by atoms with Gasteiger partial charge in [0.25, 0.3) is 5.91 Å². The second-order valence-electron chi connectivity index (χ2n) is 6.20. The van der Waals surface area contributed by atoms with Crippen molar-refractivity contribution in [1.82, 2.24) is 10.3 Å². The van der Waals surface area contributed by atoms with Crippen molar-refractivity contribution in [3.8, 4) is 0 Å². The summed E-state index contributed by atoms with van der Waals surface area (Å²) in [5, 5.41) is 3.12. The van der Waals surface area contributed by atoms with E-state index in [1.165, 1.54) is 19.3 Å². The Morgan fingerprint density at radius 3 is 2.41 bits per heavy atom. The number of aromatic nitrogens is 1. The van der Waals surface area contributed by atoms with Crippen LogP contribution in [0.3, 0.4) is 0 Å². The lowest BCUT2D eigenvalue weighted by atomic mass is 9.95. The minimum absolute atomic E-state index is 0.0315. The van der Waals surface area contributed by atoms with Crippen molar-refractivity contribution in [3.05, 3.63) is 24.0 Å². The van der Waals surface area contributed by atoms with Crippen LogP contribution in [0.4, 0.5) is 5.69 Å². The third-order valence-corrected chi connectivity index (χ3v) is 4.27. The van der Waals surface area contributed by atoms with Gasteiger partial charge < -0.3 is 10.2 Å². The van der Waals surface area contributed by atoms with Gasteiger partial charge in [0.15, 0.2) is 0 Å². The molecule has 1 aliphatic rings. The third-order valence-electron chi connectivity index (χ3n) is 4.27. The first-order valence-corrected chi connectivity index (χ1v) is 8.76. The SMILES string of the molecule is CCCN(CCC)c1ccc(C(=O)NC2CCCCC2)nc1. The Kier molecular flexibility index (Phi) is 6.69. The molecule has 1 N–H and O–H groups in total. The number of nitrogens with one attached hydrogen (secondary N) is 1. The van der Waals surface area contributed by atoms with E-state index < -0.39 is 0 Å². The van der Waals surface area contributed by atoms with Crippen LogP contribution in [0.2, 0.25) is 0 Å². The molecule has 0 aliphatic heterocycles. The van der Waals surface area contributed by atoms with E-state index in [4.69, 9.17) is 0 Å². The molecule has 0 unspecified atom stereocenters. The van der Waals surface area contributed by atoms with Crippen LogP contribution in [0.15, 0.2) is 18.3 Å². The predicted octanol–water partition coefficient (Wildman–Crippen LogP) is 3.77. The van der Waals surface area contributed by atoms with Gasteiger partial charge in [-0.2, -0.15) is 0 Å². The minimum Gasteiger partial charge on any atom is -0.370 e. The van der Waals surface area contributed by atoms with Crippen molar-refractivity contribution in [2.75, 3.05) is 18.0 Å². The van der Waals surface area contributed by atoms with Crippen LogP contribution in [0, 0.1) is 0 Å². The maximum absolute atomic E-state index is 12.3. The number of anilines is 1. The van der Waals surface area contributed by atoms with Gasteiger partial charge in [-0.15, -0.1) is 0 Å². The highest BCUT2D eigenvalue weighted by atomic mass is 16.1. The number of hydrogen-bond acceptors (Lipinski definition) is 3. The number of carbonyl (C=O) groups excluding carboxylic acids is 1. The Hall–Kier alpha value is -1.58. The summed E-state index contributed by atoms with van der Waals surface area (Å²) in [4.78, 5) is 19.0. The number of nitrogens with zero attached hydrogens (tertiary/aromatic N) is 2. The first-order chi connectivity index (χ1) is 10.7. The van der Waals surface area contributed by atoms with Gasteiger partial charge in [0.2, 0.25) is 0 Å². The van der Waals surface area contributed by atoms with Gasteiger partial charge in [-0.05, 0) is 37.8 Å². The minimum atomic E-state index is -0.0315. The molecule has 0 radical (unpaired) electrons. The fourth-order valence-electron chi connectivity index (χ4n) is 3.12. The van der Waals surface area contributed by atoms with Gasteiger partial charge in [-0.25, -0.2) is 4.98 Å². The van der Waals surface area contributed by atoms with Gasteiger partial charge in [0.1, 0.15) is 5.69 Å². The van der Waals surface area contributed by atoms with Crippen LogP contribution in [0.25, 0.3) is 0 Å². The average Bonchev–Trinajstić information content (AvgIpc) is 2.56. The molecule has 1 heterocycles. The number of carbonyl (C=O) groups is 1. The molecule has 2 rings (SSSR count). The number of amides is 1. The molecule has 1 aromatic rings. The Bertz CT molecular complexity index is 446.